The van der Waals surface area contributed by atoms with Gasteiger partial charge < -0.3 is 15.8 Å². The first-order chi connectivity index (χ1) is 7.14. The van der Waals surface area contributed by atoms with Crippen LogP contribution in [0.1, 0.15) is 26.7 Å². The van der Waals surface area contributed by atoms with Gasteiger partial charge in [0.2, 0.25) is 0 Å². The first-order valence-corrected chi connectivity index (χ1v) is 5.44. The van der Waals surface area contributed by atoms with E-state index in [0.29, 0.717) is 12.3 Å². The van der Waals surface area contributed by atoms with Crippen LogP contribution in [0.25, 0.3) is 0 Å². The van der Waals surface area contributed by atoms with E-state index in [4.69, 9.17) is 10.5 Å². The van der Waals surface area contributed by atoms with Gasteiger partial charge in [-0.15, -0.1) is 0 Å². The molecule has 0 heterocycles. The van der Waals surface area contributed by atoms with Crippen molar-refractivity contribution in [3.8, 4) is 5.75 Å². The highest BCUT2D eigenvalue weighted by atomic mass is 16.5. The maximum Gasteiger partial charge on any atom is 0.144 e. The molecule has 1 saturated carbocycles. The van der Waals surface area contributed by atoms with Gasteiger partial charge >= 0.3 is 0 Å². The van der Waals surface area contributed by atoms with E-state index >= 15 is 0 Å². The van der Waals surface area contributed by atoms with Gasteiger partial charge in [-0.25, -0.2) is 0 Å². The molecule has 1 fully saturated rings. The van der Waals surface area contributed by atoms with Crippen LogP contribution in [0.4, 0.5) is 11.4 Å². The lowest BCUT2D eigenvalue weighted by Gasteiger charge is -2.17. The Morgan fingerprint density at radius 2 is 2.20 bits per heavy atom. The summed E-state index contributed by atoms with van der Waals surface area (Å²) >= 11 is 0. The number of benzene rings is 1. The summed E-state index contributed by atoms with van der Waals surface area (Å²) in [6.45, 7) is 4.81. The Labute approximate surface area is 90.6 Å². The maximum absolute atomic E-state index is 6.02. The zero-order valence-corrected chi connectivity index (χ0v) is 9.34. The molecule has 3 N–H and O–H groups in total. The van der Waals surface area contributed by atoms with Crippen molar-refractivity contribution in [3.05, 3.63) is 18.2 Å². The molecule has 0 radical (unpaired) electrons. The quantitative estimate of drug-likeness (QED) is 0.744. The molecule has 1 aromatic carbocycles. The van der Waals surface area contributed by atoms with E-state index in [-0.39, 0.29) is 5.54 Å². The lowest BCUT2D eigenvalue weighted by molar-refractivity contribution is 0.342. The number of rotatable bonds is 4. The van der Waals surface area contributed by atoms with Crippen molar-refractivity contribution in [2.75, 3.05) is 17.7 Å². The topological polar surface area (TPSA) is 47.3 Å². The highest BCUT2D eigenvalue weighted by Crippen LogP contribution is 2.41. The van der Waals surface area contributed by atoms with Gasteiger partial charge in [0, 0.05) is 5.54 Å². The van der Waals surface area contributed by atoms with Crippen molar-refractivity contribution in [3.63, 3.8) is 0 Å². The summed E-state index contributed by atoms with van der Waals surface area (Å²) < 4.78 is 5.45. The van der Waals surface area contributed by atoms with E-state index in [9.17, 15) is 0 Å². The van der Waals surface area contributed by atoms with Crippen LogP contribution < -0.4 is 15.8 Å². The second-order valence-electron chi connectivity index (χ2n) is 4.34. The number of nitrogens with one attached hydrogen (secondary N) is 1. The number of anilines is 2. The van der Waals surface area contributed by atoms with Gasteiger partial charge in [-0.3, -0.25) is 0 Å². The molecule has 0 aromatic heterocycles. The minimum absolute atomic E-state index is 0.249. The molecule has 0 bridgehead atoms. The van der Waals surface area contributed by atoms with Crippen molar-refractivity contribution in [2.45, 2.75) is 32.2 Å². The van der Waals surface area contributed by atoms with E-state index in [0.717, 1.165) is 11.4 Å². The Kier molecular flexibility index (Phi) is 2.47. The van der Waals surface area contributed by atoms with Gasteiger partial charge in [-0.1, -0.05) is 6.07 Å². The fourth-order valence-electron chi connectivity index (χ4n) is 1.57. The molecule has 3 nitrogen and oxygen atoms in total. The van der Waals surface area contributed by atoms with Crippen LogP contribution in [0, 0.1) is 0 Å². The summed E-state index contributed by atoms with van der Waals surface area (Å²) in [6, 6.07) is 5.87. The Hall–Kier alpha value is -1.38. The summed E-state index contributed by atoms with van der Waals surface area (Å²) in [5.74, 6) is 0.770. The van der Waals surface area contributed by atoms with Gasteiger partial charge in [-0.2, -0.15) is 0 Å². The van der Waals surface area contributed by atoms with Crippen LogP contribution in [-0.2, 0) is 0 Å². The van der Waals surface area contributed by atoms with Gasteiger partial charge in [0.05, 0.1) is 18.0 Å². The largest absolute Gasteiger partial charge is 0.492 e. The van der Waals surface area contributed by atoms with Gasteiger partial charge in [0.1, 0.15) is 5.75 Å². The summed E-state index contributed by atoms with van der Waals surface area (Å²) in [5, 5.41) is 3.45. The molecule has 0 amide bonds. The average molecular weight is 206 g/mol. The predicted molar refractivity (Wildman–Crippen MR) is 63.3 cm³/mol. The molecule has 0 saturated heterocycles. The SMILES string of the molecule is CCOc1cccc(NC2(C)CC2)c1N. The predicted octanol–water partition coefficient (Wildman–Crippen LogP) is 2.63. The Morgan fingerprint density at radius 3 is 2.80 bits per heavy atom. The van der Waals surface area contributed by atoms with E-state index < -0.39 is 0 Å². The van der Waals surface area contributed by atoms with Crippen molar-refractivity contribution in [2.24, 2.45) is 0 Å². The molecule has 0 spiro atoms. The molecule has 15 heavy (non-hydrogen) atoms. The second-order valence-corrected chi connectivity index (χ2v) is 4.34. The van der Waals surface area contributed by atoms with Crippen molar-refractivity contribution < 1.29 is 4.74 Å². The smallest absolute Gasteiger partial charge is 0.144 e. The molecule has 0 aliphatic heterocycles. The minimum Gasteiger partial charge on any atom is -0.492 e. The van der Waals surface area contributed by atoms with Crippen molar-refractivity contribution in [1.82, 2.24) is 0 Å². The molecular weight excluding hydrogens is 188 g/mol. The number of hydrogen-bond donors (Lipinski definition) is 2. The van der Waals surface area contributed by atoms with Crippen molar-refractivity contribution >= 4 is 11.4 Å². The zero-order valence-electron chi connectivity index (χ0n) is 9.34. The third-order valence-electron chi connectivity index (χ3n) is 2.80. The molecule has 82 valence electrons. The number of para-hydroxylation sites is 1. The molecule has 3 heteroatoms. The molecule has 2 rings (SSSR count). The fraction of sp³-hybridized carbons (Fsp3) is 0.500. The maximum atomic E-state index is 6.02. The third-order valence-corrected chi connectivity index (χ3v) is 2.80. The summed E-state index contributed by atoms with van der Waals surface area (Å²) in [7, 11) is 0. The van der Waals surface area contributed by atoms with Crippen LogP contribution in [0.3, 0.4) is 0 Å². The van der Waals surface area contributed by atoms with E-state index in [1.807, 2.05) is 25.1 Å². The second kappa shape index (κ2) is 3.65. The number of nitrogen functional groups attached to an aromatic ring is 1. The Morgan fingerprint density at radius 1 is 1.47 bits per heavy atom. The standard InChI is InChI=1S/C12H18N2O/c1-3-15-10-6-4-5-9(11(10)13)14-12(2)7-8-12/h4-6,14H,3,7-8,13H2,1-2H3. The summed E-state index contributed by atoms with van der Waals surface area (Å²) in [4.78, 5) is 0. The minimum atomic E-state index is 0.249. The van der Waals surface area contributed by atoms with Gasteiger partial charge in [0.25, 0.3) is 0 Å². The molecule has 1 aliphatic carbocycles. The first kappa shape index (κ1) is 10.1. The third kappa shape index (κ3) is 2.17. The van der Waals surface area contributed by atoms with E-state index in [1.54, 1.807) is 0 Å². The lowest BCUT2D eigenvalue weighted by Crippen LogP contribution is -2.17. The lowest BCUT2D eigenvalue weighted by atomic mass is 10.2. The molecular formula is C12H18N2O. The number of hydrogen-bond acceptors (Lipinski definition) is 3. The number of ether oxygens (including phenoxy) is 1. The Bertz CT molecular complexity index is 359. The highest BCUT2D eigenvalue weighted by molar-refractivity contribution is 5.73. The van der Waals surface area contributed by atoms with E-state index in [1.165, 1.54) is 12.8 Å². The van der Waals surface area contributed by atoms with Crippen LogP contribution >= 0.6 is 0 Å². The summed E-state index contributed by atoms with van der Waals surface area (Å²) in [6.07, 6.45) is 2.43. The molecule has 1 aromatic rings. The number of nitrogens with two attached hydrogens (primary N) is 1. The fourth-order valence-corrected chi connectivity index (χ4v) is 1.57. The highest BCUT2D eigenvalue weighted by Gasteiger charge is 2.37. The van der Waals surface area contributed by atoms with Crippen molar-refractivity contribution in [1.29, 1.82) is 0 Å². The Balaban J connectivity index is 2.19. The normalized spacial score (nSPS) is 17.2. The zero-order chi connectivity index (χ0) is 10.9. The molecule has 0 unspecified atom stereocenters. The monoisotopic (exact) mass is 206 g/mol. The van der Waals surface area contributed by atoms with E-state index in [2.05, 4.69) is 12.2 Å². The van der Waals surface area contributed by atoms with Crippen LogP contribution in [0.15, 0.2) is 18.2 Å². The molecule has 1 aliphatic rings. The van der Waals surface area contributed by atoms with Crippen LogP contribution in [-0.4, -0.2) is 12.1 Å². The molecule has 0 atom stereocenters. The van der Waals surface area contributed by atoms with Gasteiger partial charge in [-0.05, 0) is 38.8 Å². The van der Waals surface area contributed by atoms with Crippen LogP contribution in [0.5, 0.6) is 5.75 Å². The summed E-state index contributed by atoms with van der Waals surface area (Å²) in [5.41, 5.74) is 7.97. The van der Waals surface area contributed by atoms with Gasteiger partial charge in [0.15, 0.2) is 0 Å². The average Bonchev–Trinajstić information content (AvgIpc) is 2.91. The van der Waals surface area contributed by atoms with Crippen LogP contribution in [0.2, 0.25) is 0 Å². The first-order valence-electron chi connectivity index (χ1n) is 5.44.